The summed E-state index contributed by atoms with van der Waals surface area (Å²) in [5.74, 6) is 0.176. The lowest BCUT2D eigenvalue weighted by Gasteiger charge is -2.16. The van der Waals surface area contributed by atoms with Crippen molar-refractivity contribution in [1.82, 2.24) is 10.1 Å². The number of aryl methyl sites for hydroxylation is 1. The molecule has 0 radical (unpaired) electrons. The van der Waals surface area contributed by atoms with E-state index in [1.54, 1.807) is 14.0 Å². The van der Waals surface area contributed by atoms with E-state index in [2.05, 4.69) is 5.16 Å². The maximum absolute atomic E-state index is 12.1. The van der Waals surface area contributed by atoms with Crippen molar-refractivity contribution in [3.05, 3.63) is 56.4 Å². The Morgan fingerprint density at radius 3 is 2.76 bits per heavy atom. The summed E-state index contributed by atoms with van der Waals surface area (Å²) in [6.07, 6.45) is 0. The van der Waals surface area contributed by atoms with Crippen LogP contribution in [0.2, 0.25) is 5.02 Å². The van der Waals surface area contributed by atoms with Crippen molar-refractivity contribution in [2.75, 3.05) is 7.05 Å². The predicted molar refractivity (Wildman–Crippen MR) is 75.1 cm³/mol. The van der Waals surface area contributed by atoms with E-state index in [0.29, 0.717) is 16.3 Å². The number of carbonyl (C=O) groups is 1. The van der Waals surface area contributed by atoms with Crippen LogP contribution in [0.4, 0.5) is 5.69 Å². The van der Waals surface area contributed by atoms with Crippen LogP contribution in [0.5, 0.6) is 0 Å². The van der Waals surface area contributed by atoms with Gasteiger partial charge in [-0.25, -0.2) is 0 Å². The average Bonchev–Trinajstić information content (AvgIpc) is 2.86. The quantitative estimate of drug-likeness (QED) is 0.640. The lowest BCUT2D eigenvalue weighted by molar-refractivity contribution is -0.384. The number of amides is 1. The third kappa shape index (κ3) is 3.38. The fourth-order valence-corrected chi connectivity index (χ4v) is 1.96. The van der Waals surface area contributed by atoms with Crippen molar-refractivity contribution < 1.29 is 14.2 Å². The van der Waals surface area contributed by atoms with Crippen LogP contribution in [0.1, 0.15) is 21.8 Å². The number of halogens is 1. The van der Waals surface area contributed by atoms with Crippen LogP contribution in [0.3, 0.4) is 0 Å². The first-order chi connectivity index (χ1) is 9.88. The largest absolute Gasteiger partial charge is 0.361 e. The van der Waals surface area contributed by atoms with E-state index in [9.17, 15) is 14.9 Å². The van der Waals surface area contributed by atoms with Gasteiger partial charge in [0.15, 0.2) is 5.69 Å². The maximum atomic E-state index is 12.1. The number of non-ortho nitro benzene ring substituents is 1. The molecule has 0 aliphatic rings. The molecule has 0 aliphatic carbocycles. The molecule has 0 fully saturated rings. The second-order valence-electron chi connectivity index (χ2n) is 4.52. The minimum Gasteiger partial charge on any atom is -0.361 e. The molecule has 21 heavy (non-hydrogen) atoms. The molecule has 0 saturated heterocycles. The number of rotatable bonds is 4. The normalized spacial score (nSPS) is 10.4. The van der Waals surface area contributed by atoms with Crippen LogP contribution in [0.25, 0.3) is 0 Å². The minimum atomic E-state index is -0.511. The van der Waals surface area contributed by atoms with E-state index in [-0.39, 0.29) is 23.8 Å². The molecule has 1 aromatic carbocycles. The zero-order valence-corrected chi connectivity index (χ0v) is 12.1. The van der Waals surface area contributed by atoms with Crippen molar-refractivity contribution in [2.45, 2.75) is 13.5 Å². The van der Waals surface area contributed by atoms with Gasteiger partial charge in [-0.05, 0) is 18.6 Å². The number of nitrogens with zero attached hydrogens (tertiary/aromatic N) is 3. The summed E-state index contributed by atoms with van der Waals surface area (Å²) in [4.78, 5) is 23.7. The fourth-order valence-electron chi connectivity index (χ4n) is 1.79. The molecule has 1 aromatic heterocycles. The highest BCUT2D eigenvalue weighted by molar-refractivity contribution is 6.31. The second kappa shape index (κ2) is 5.92. The molecule has 8 heteroatoms. The van der Waals surface area contributed by atoms with Crippen molar-refractivity contribution >= 4 is 23.2 Å². The van der Waals surface area contributed by atoms with Gasteiger partial charge in [-0.1, -0.05) is 16.8 Å². The van der Waals surface area contributed by atoms with Gasteiger partial charge >= 0.3 is 0 Å². The lowest BCUT2D eigenvalue weighted by Crippen LogP contribution is -2.26. The first kappa shape index (κ1) is 15.0. The Morgan fingerprint density at radius 2 is 2.19 bits per heavy atom. The molecule has 2 rings (SSSR count). The number of hydrogen-bond donors (Lipinski definition) is 0. The Balaban J connectivity index is 2.19. The van der Waals surface area contributed by atoms with Gasteiger partial charge in [-0.2, -0.15) is 0 Å². The van der Waals surface area contributed by atoms with Crippen molar-refractivity contribution in [2.24, 2.45) is 0 Å². The van der Waals surface area contributed by atoms with Crippen LogP contribution in [0.15, 0.2) is 28.8 Å². The van der Waals surface area contributed by atoms with E-state index in [0.717, 1.165) is 0 Å². The monoisotopic (exact) mass is 309 g/mol. The molecule has 0 spiro atoms. The van der Waals surface area contributed by atoms with Gasteiger partial charge in [0.2, 0.25) is 0 Å². The van der Waals surface area contributed by atoms with Crippen molar-refractivity contribution in [3.8, 4) is 0 Å². The molecule has 7 nitrogen and oxygen atoms in total. The Kier molecular flexibility index (Phi) is 4.23. The Hall–Kier alpha value is -2.41. The zero-order valence-electron chi connectivity index (χ0n) is 11.4. The summed E-state index contributed by atoms with van der Waals surface area (Å²) in [6, 6.07) is 5.62. The molecule has 0 N–H and O–H groups in total. The topological polar surface area (TPSA) is 89.5 Å². The number of hydrogen-bond acceptors (Lipinski definition) is 5. The van der Waals surface area contributed by atoms with Crippen LogP contribution >= 0.6 is 11.6 Å². The smallest absolute Gasteiger partial charge is 0.276 e. The Bertz CT molecular complexity index is 698. The number of carbonyl (C=O) groups excluding carboxylic acids is 1. The summed E-state index contributed by atoms with van der Waals surface area (Å²) in [5.41, 5.74) is 0.589. The zero-order chi connectivity index (χ0) is 15.6. The summed E-state index contributed by atoms with van der Waals surface area (Å²) < 4.78 is 4.85. The molecule has 0 saturated carbocycles. The highest BCUT2D eigenvalue weighted by atomic mass is 35.5. The molecule has 0 atom stereocenters. The summed E-state index contributed by atoms with van der Waals surface area (Å²) in [6.45, 7) is 1.81. The van der Waals surface area contributed by atoms with E-state index < -0.39 is 4.92 Å². The standard InChI is InChI=1S/C13H12ClN3O4/c1-8-5-12(15-21-8)13(18)16(2)7-9-6-10(17(19)20)3-4-11(9)14/h3-6H,7H2,1-2H3. The van der Waals surface area contributed by atoms with E-state index in [1.165, 1.54) is 29.2 Å². The van der Waals surface area contributed by atoms with Gasteiger partial charge in [0, 0.05) is 36.8 Å². The summed E-state index contributed by atoms with van der Waals surface area (Å²) in [7, 11) is 1.56. The average molecular weight is 310 g/mol. The lowest BCUT2D eigenvalue weighted by atomic mass is 10.2. The van der Waals surface area contributed by atoms with Crippen LogP contribution in [-0.4, -0.2) is 27.9 Å². The van der Waals surface area contributed by atoms with Crippen molar-refractivity contribution in [1.29, 1.82) is 0 Å². The summed E-state index contributed by atoms with van der Waals surface area (Å²) >= 11 is 6.01. The van der Waals surface area contributed by atoms with Crippen LogP contribution in [-0.2, 0) is 6.54 Å². The van der Waals surface area contributed by atoms with Gasteiger partial charge in [-0.15, -0.1) is 0 Å². The third-order valence-corrected chi connectivity index (χ3v) is 3.21. The minimum absolute atomic E-state index is 0.0764. The number of nitro groups is 1. The Labute approximate surface area is 125 Å². The van der Waals surface area contributed by atoms with Gasteiger partial charge in [0.1, 0.15) is 5.76 Å². The van der Waals surface area contributed by atoms with Gasteiger partial charge < -0.3 is 9.42 Å². The molecule has 110 valence electrons. The SMILES string of the molecule is Cc1cc(C(=O)N(C)Cc2cc([N+](=O)[O-])ccc2Cl)no1. The predicted octanol–water partition coefficient (Wildman–Crippen LogP) is 2.82. The highest BCUT2D eigenvalue weighted by Crippen LogP contribution is 2.23. The first-order valence-electron chi connectivity index (χ1n) is 6.00. The Morgan fingerprint density at radius 1 is 1.48 bits per heavy atom. The van der Waals surface area contributed by atoms with E-state index in [4.69, 9.17) is 16.1 Å². The van der Waals surface area contributed by atoms with E-state index >= 15 is 0 Å². The maximum Gasteiger partial charge on any atom is 0.276 e. The van der Waals surface area contributed by atoms with Gasteiger partial charge in [0.25, 0.3) is 11.6 Å². The molecular formula is C13H12ClN3O4. The molecule has 0 aliphatic heterocycles. The molecular weight excluding hydrogens is 298 g/mol. The fraction of sp³-hybridized carbons (Fsp3) is 0.231. The van der Waals surface area contributed by atoms with Gasteiger partial charge in [0.05, 0.1) is 4.92 Å². The molecule has 2 aromatic rings. The molecule has 0 unspecified atom stereocenters. The first-order valence-corrected chi connectivity index (χ1v) is 6.38. The summed E-state index contributed by atoms with van der Waals surface area (Å²) in [5, 5.41) is 14.8. The van der Waals surface area contributed by atoms with Crippen LogP contribution in [0, 0.1) is 17.0 Å². The van der Waals surface area contributed by atoms with Crippen molar-refractivity contribution in [3.63, 3.8) is 0 Å². The molecule has 1 amide bonds. The number of nitro benzene ring substituents is 1. The van der Waals surface area contributed by atoms with Crippen LogP contribution < -0.4 is 0 Å². The van der Waals surface area contributed by atoms with E-state index in [1.807, 2.05) is 0 Å². The second-order valence-corrected chi connectivity index (χ2v) is 4.92. The van der Waals surface area contributed by atoms with Gasteiger partial charge in [-0.3, -0.25) is 14.9 Å². The third-order valence-electron chi connectivity index (χ3n) is 2.84. The number of aromatic nitrogens is 1. The molecule has 1 heterocycles. The highest BCUT2D eigenvalue weighted by Gasteiger charge is 2.18. The molecule has 0 bridgehead atoms. The number of benzene rings is 1.